The Bertz CT molecular complexity index is 827. The van der Waals surface area contributed by atoms with Crippen molar-refractivity contribution >= 4 is 18.0 Å². The molecular weight excluding hydrogens is 358 g/mol. The van der Waals surface area contributed by atoms with E-state index >= 15 is 0 Å². The van der Waals surface area contributed by atoms with Gasteiger partial charge in [0.2, 0.25) is 5.91 Å². The SMILES string of the molecule is COC(=O)CCNC(=O)/C=C/c1ccc(OCc2ccc(C)c(OC)c2)cc1. The average Bonchev–Trinajstić information content (AvgIpc) is 2.72. The molecule has 0 fully saturated rings. The third-order valence-electron chi connectivity index (χ3n) is 4.04. The summed E-state index contributed by atoms with van der Waals surface area (Å²) in [6.45, 7) is 2.68. The fraction of sp³-hybridized carbons (Fsp3) is 0.273. The Morgan fingerprint density at radius 3 is 2.50 bits per heavy atom. The first kappa shape index (κ1) is 21.0. The van der Waals surface area contributed by atoms with Crippen LogP contribution in [0.25, 0.3) is 6.08 Å². The van der Waals surface area contributed by atoms with Crippen LogP contribution in [0.5, 0.6) is 11.5 Å². The van der Waals surface area contributed by atoms with Crippen LogP contribution in [0.1, 0.15) is 23.1 Å². The first-order chi connectivity index (χ1) is 13.5. The molecule has 0 aliphatic heterocycles. The zero-order valence-corrected chi connectivity index (χ0v) is 16.4. The van der Waals surface area contributed by atoms with Gasteiger partial charge in [-0.25, -0.2) is 0 Å². The first-order valence-electron chi connectivity index (χ1n) is 8.91. The molecule has 0 spiro atoms. The van der Waals surface area contributed by atoms with E-state index in [1.54, 1.807) is 13.2 Å². The van der Waals surface area contributed by atoms with E-state index in [0.717, 1.165) is 28.2 Å². The van der Waals surface area contributed by atoms with Gasteiger partial charge in [-0.05, 0) is 47.9 Å². The van der Waals surface area contributed by atoms with Gasteiger partial charge in [-0.15, -0.1) is 0 Å². The van der Waals surface area contributed by atoms with Crippen molar-refractivity contribution in [2.45, 2.75) is 20.0 Å². The lowest BCUT2D eigenvalue weighted by molar-refractivity contribution is -0.140. The van der Waals surface area contributed by atoms with Gasteiger partial charge in [0.05, 0.1) is 20.6 Å². The fourth-order valence-electron chi connectivity index (χ4n) is 2.42. The van der Waals surface area contributed by atoms with E-state index in [9.17, 15) is 9.59 Å². The molecule has 0 radical (unpaired) electrons. The number of methoxy groups -OCH3 is 2. The molecule has 1 N–H and O–H groups in total. The number of carbonyl (C=O) groups excluding carboxylic acids is 2. The number of amides is 1. The van der Waals surface area contributed by atoms with Crippen LogP contribution in [-0.4, -0.2) is 32.6 Å². The van der Waals surface area contributed by atoms with Gasteiger partial charge in [-0.1, -0.05) is 24.3 Å². The number of benzene rings is 2. The third-order valence-corrected chi connectivity index (χ3v) is 4.04. The lowest BCUT2D eigenvalue weighted by Crippen LogP contribution is -2.24. The van der Waals surface area contributed by atoms with Crippen molar-refractivity contribution in [1.82, 2.24) is 5.32 Å². The molecule has 0 saturated carbocycles. The van der Waals surface area contributed by atoms with Crippen molar-refractivity contribution in [2.24, 2.45) is 0 Å². The van der Waals surface area contributed by atoms with Crippen LogP contribution in [0.2, 0.25) is 0 Å². The molecule has 0 saturated heterocycles. The molecule has 0 aliphatic rings. The van der Waals surface area contributed by atoms with Crippen LogP contribution in [0.4, 0.5) is 0 Å². The molecule has 2 rings (SSSR count). The summed E-state index contributed by atoms with van der Waals surface area (Å²) < 4.78 is 15.6. The van der Waals surface area contributed by atoms with Crippen molar-refractivity contribution in [2.75, 3.05) is 20.8 Å². The zero-order valence-electron chi connectivity index (χ0n) is 16.4. The number of hydrogen-bond donors (Lipinski definition) is 1. The molecule has 1 amide bonds. The molecule has 0 aromatic heterocycles. The lowest BCUT2D eigenvalue weighted by atomic mass is 10.1. The standard InChI is InChI=1S/C22H25NO5/c1-16-4-5-18(14-20(16)26-2)15-28-19-9-6-17(7-10-19)8-11-21(24)23-13-12-22(25)27-3/h4-11,14H,12-13,15H2,1-3H3,(H,23,24)/b11-8+. The summed E-state index contributed by atoms with van der Waals surface area (Å²) in [7, 11) is 2.97. The maximum Gasteiger partial charge on any atom is 0.307 e. The topological polar surface area (TPSA) is 73.9 Å². The Kier molecular flexibility index (Phi) is 8.09. The van der Waals surface area contributed by atoms with E-state index in [-0.39, 0.29) is 24.8 Å². The summed E-state index contributed by atoms with van der Waals surface area (Å²) in [5, 5.41) is 2.62. The van der Waals surface area contributed by atoms with Gasteiger partial charge < -0.3 is 19.5 Å². The number of rotatable bonds is 9. The van der Waals surface area contributed by atoms with Crippen molar-refractivity contribution < 1.29 is 23.8 Å². The predicted octanol–water partition coefficient (Wildman–Crippen LogP) is 3.28. The monoisotopic (exact) mass is 383 g/mol. The Morgan fingerprint density at radius 2 is 1.82 bits per heavy atom. The normalized spacial score (nSPS) is 10.5. The van der Waals surface area contributed by atoms with Gasteiger partial charge >= 0.3 is 5.97 Å². The summed E-state index contributed by atoms with van der Waals surface area (Å²) in [5.41, 5.74) is 2.97. The van der Waals surface area contributed by atoms with Crippen LogP contribution in [0, 0.1) is 6.92 Å². The van der Waals surface area contributed by atoms with Gasteiger partial charge in [0.25, 0.3) is 0 Å². The highest BCUT2D eigenvalue weighted by Crippen LogP contribution is 2.21. The lowest BCUT2D eigenvalue weighted by Gasteiger charge is -2.09. The molecule has 0 bridgehead atoms. The van der Waals surface area contributed by atoms with Crippen LogP contribution >= 0.6 is 0 Å². The Balaban J connectivity index is 1.82. The zero-order chi connectivity index (χ0) is 20.4. The smallest absolute Gasteiger partial charge is 0.307 e. The highest BCUT2D eigenvalue weighted by atomic mass is 16.5. The highest BCUT2D eigenvalue weighted by molar-refractivity contribution is 5.91. The molecule has 0 atom stereocenters. The number of carbonyl (C=O) groups is 2. The van der Waals surface area contributed by atoms with Gasteiger partial charge in [-0.3, -0.25) is 9.59 Å². The molecule has 0 heterocycles. The minimum Gasteiger partial charge on any atom is -0.496 e. The average molecular weight is 383 g/mol. The molecule has 2 aromatic rings. The molecular formula is C22H25NO5. The largest absolute Gasteiger partial charge is 0.496 e. The van der Waals surface area contributed by atoms with Crippen molar-refractivity contribution in [3.05, 3.63) is 65.2 Å². The first-order valence-corrected chi connectivity index (χ1v) is 8.91. The Hall–Kier alpha value is -3.28. The minimum atomic E-state index is -0.357. The third kappa shape index (κ3) is 6.79. The van der Waals surface area contributed by atoms with E-state index in [1.807, 2.05) is 49.4 Å². The summed E-state index contributed by atoms with van der Waals surface area (Å²) in [6.07, 6.45) is 3.27. The number of hydrogen-bond acceptors (Lipinski definition) is 5. The molecule has 6 nitrogen and oxygen atoms in total. The second-order valence-corrected chi connectivity index (χ2v) is 6.11. The number of nitrogens with one attached hydrogen (secondary N) is 1. The highest BCUT2D eigenvalue weighted by Gasteiger charge is 2.03. The summed E-state index contributed by atoms with van der Waals surface area (Å²) >= 11 is 0. The quantitative estimate of drug-likeness (QED) is 0.531. The Labute approximate surface area is 165 Å². The predicted molar refractivity (Wildman–Crippen MR) is 107 cm³/mol. The molecule has 0 aliphatic carbocycles. The second-order valence-electron chi connectivity index (χ2n) is 6.11. The van der Waals surface area contributed by atoms with Crippen molar-refractivity contribution in [3.8, 4) is 11.5 Å². The van der Waals surface area contributed by atoms with Crippen LogP contribution in [0.3, 0.4) is 0 Å². The van der Waals surface area contributed by atoms with E-state index < -0.39 is 0 Å². The Morgan fingerprint density at radius 1 is 1.07 bits per heavy atom. The van der Waals surface area contributed by atoms with E-state index in [2.05, 4.69) is 10.1 Å². The van der Waals surface area contributed by atoms with Crippen molar-refractivity contribution in [1.29, 1.82) is 0 Å². The second kappa shape index (κ2) is 10.8. The van der Waals surface area contributed by atoms with E-state index in [4.69, 9.17) is 9.47 Å². The summed E-state index contributed by atoms with van der Waals surface area (Å²) in [4.78, 5) is 22.7. The molecule has 148 valence electrons. The van der Waals surface area contributed by atoms with Crippen LogP contribution < -0.4 is 14.8 Å². The minimum absolute atomic E-state index is 0.148. The van der Waals surface area contributed by atoms with Gasteiger partial charge in [0.15, 0.2) is 0 Å². The maximum absolute atomic E-state index is 11.7. The molecule has 0 unspecified atom stereocenters. The number of ether oxygens (including phenoxy) is 3. The fourth-order valence-corrected chi connectivity index (χ4v) is 2.42. The van der Waals surface area contributed by atoms with E-state index in [1.165, 1.54) is 13.2 Å². The summed E-state index contributed by atoms with van der Waals surface area (Å²) in [5.74, 6) is 0.951. The molecule has 2 aromatic carbocycles. The maximum atomic E-state index is 11.7. The number of esters is 1. The van der Waals surface area contributed by atoms with Gasteiger partial charge in [-0.2, -0.15) is 0 Å². The van der Waals surface area contributed by atoms with Gasteiger partial charge in [0, 0.05) is 12.6 Å². The summed E-state index contributed by atoms with van der Waals surface area (Å²) in [6, 6.07) is 13.4. The molecule has 28 heavy (non-hydrogen) atoms. The van der Waals surface area contributed by atoms with Crippen molar-refractivity contribution in [3.63, 3.8) is 0 Å². The number of aryl methyl sites for hydroxylation is 1. The van der Waals surface area contributed by atoms with Gasteiger partial charge in [0.1, 0.15) is 18.1 Å². The van der Waals surface area contributed by atoms with Crippen LogP contribution in [-0.2, 0) is 20.9 Å². The van der Waals surface area contributed by atoms with Crippen LogP contribution in [0.15, 0.2) is 48.5 Å². The molecule has 6 heteroatoms. The van der Waals surface area contributed by atoms with E-state index in [0.29, 0.717) is 6.61 Å².